The molecule has 0 saturated carbocycles. The average molecular weight is 314 g/mol. The van der Waals surface area contributed by atoms with Gasteiger partial charge in [-0.15, -0.1) is 11.3 Å². The molecule has 0 saturated heterocycles. The Morgan fingerprint density at radius 2 is 2.00 bits per heavy atom. The molecule has 0 aliphatic carbocycles. The van der Waals surface area contributed by atoms with Gasteiger partial charge in [0.05, 0.1) is 6.54 Å². The zero-order valence-electron chi connectivity index (χ0n) is 11.9. The number of fused-ring (bicyclic) bond motifs is 1. The van der Waals surface area contributed by atoms with Gasteiger partial charge in [-0.05, 0) is 47.2 Å². The first-order valence-corrected chi connectivity index (χ1v) is 7.61. The first kappa shape index (κ1) is 14.3. The number of nitrogens with one attached hydrogen (secondary N) is 2. The fourth-order valence-corrected chi connectivity index (χ4v) is 2.87. The second-order valence-corrected chi connectivity index (χ2v) is 5.65. The van der Waals surface area contributed by atoms with Crippen molar-refractivity contribution < 1.29 is 14.0 Å². The van der Waals surface area contributed by atoms with Crippen LogP contribution in [-0.4, -0.2) is 18.9 Å². The van der Waals surface area contributed by atoms with Crippen molar-refractivity contribution in [3.05, 3.63) is 58.9 Å². The van der Waals surface area contributed by atoms with Crippen LogP contribution in [-0.2, 0) is 6.54 Å². The molecule has 0 fully saturated rings. The first-order chi connectivity index (χ1) is 10.7. The van der Waals surface area contributed by atoms with Crippen molar-refractivity contribution in [1.29, 1.82) is 0 Å². The summed E-state index contributed by atoms with van der Waals surface area (Å²) in [5.74, 6) is 0.293. The monoisotopic (exact) mass is 314 g/mol. The second kappa shape index (κ2) is 6.03. The van der Waals surface area contributed by atoms with E-state index in [0.29, 0.717) is 11.3 Å². The summed E-state index contributed by atoms with van der Waals surface area (Å²) in [4.78, 5) is 23.5. The van der Waals surface area contributed by atoms with Crippen LogP contribution in [0.1, 0.15) is 26.7 Å². The average Bonchev–Trinajstić information content (AvgIpc) is 3.19. The Hall–Kier alpha value is -2.60. The van der Waals surface area contributed by atoms with E-state index in [0.717, 1.165) is 10.1 Å². The molecule has 2 heterocycles. The number of carbonyl (C=O) groups excluding carboxylic acids is 2. The van der Waals surface area contributed by atoms with Gasteiger partial charge >= 0.3 is 0 Å². The summed E-state index contributed by atoms with van der Waals surface area (Å²) >= 11 is 1.64. The highest BCUT2D eigenvalue weighted by Gasteiger charge is 2.11. The smallest absolute Gasteiger partial charge is 0.286 e. The van der Waals surface area contributed by atoms with Crippen LogP contribution in [0.15, 0.2) is 46.2 Å². The number of hydrogen-bond donors (Lipinski definition) is 2. The van der Waals surface area contributed by atoms with E-state index in [2.05, 4.69) is 10.6 Å². The van der Waals surface area contributed by atoms with Crippen LogP contribution in [0.2, 0.25) is 0 Å². The minimum absolute atomic E-state index is 0.175. The molecule has 0 bridgehead atoms. The van der Waals surface area contributed by atoms with Crippen LogP contribution in [0.4, 0.5) is 0 Å². The molecule has 3 rings (SSSR count). The molecule has 5 nitrogen and oxygen atoms in total. The Bertz CT molecular complexity index is 835. The molecule has 2 N–H and O–H groups in total. The molecule has 22 heavy (non-hydrogen) atoms. The highest BCUT2D eigenvalue weighted by Crippen LogP contribution is 2.21. The van der Waals surface area contributed by atoms with Crippen molar-refractivity contribution in [2.24, 2.45) is 0 Å². The number of thiophene rings is 1. The van der Waals surface area contributed by atoms with Crippen molar-refractivity contribution in [2.75, 3.05) is 7.05 Å². The van der Waals surface area contributed by atoms with E-state index in [9.17, 15) is 9.59 Å². The molecule has 0 radical (unpaired) electrons. The maximum absolute atomic E-state index is 12.2. The Kier molecular flexibility index (Phi) is 3.93. The van der Waals surface area contributed by atoms with Crippen LogP contribution in [0.3, 0.4) is 0 Å². The zero-order valence-corrected chi connectivity index (χ0v) is 12.7. The van der Waals surface area contributed by atoms with Crippen LogP contribution in [0.25, 0.3) is 10.1 Å². The number of amides is 2. The van der Waals surface area contributed by atoms with Gasteiger partial charge in [-0.2, -0.15) is 0 Å². The number of rotatable bonds is 4. The lowest BCUT2D eigenvalue weighted by Gasteiger charge is -2.03. The molecule has 0 unspecified atom stereocenters. The summed E-state index contributed by atoms with van der Waals surface area (Å²) < 4.78 is 6.51. The van der Waals surface area contributed by atoms with Gasteiger partial charge in [0.2, 0.25) is 0 Å². The van der Waals surface area contributed by atoms with Crippen molar-refractivity contribution >= 4 is 33.2 Å². The van der Waals surface area contributed by atoms with Gasteiger partial charge in [-0.3, -0.25) is 9.59 Å². The molecular formula is C16H14N2O3S. The van der Waals surface area contributed by atoms with E-state index in [1.165, 1.54) is 7.05 Å². The summed E-state index contributed by atoms with van der Waals surface area (Å²) in [6.45, 7) is 0.234. The van der Waals surface area contributed by atoms with Crippen molar-refractivity contribution in [3.8, 4) is 0 Å². The summed E-state index contributed by atoms with van der Waals surface area (Å²) in [6, 6.07) is 10.8. The molecule has 6 heteroatoms. The van der Waals surface area contributed by atoms with Crippen LogP contribution in [0.5, 0.6) is 0 Å². The highest BCUT2D eigenvalue weighted by molar-refractivity contribution is 7.17. The van der Waals surface area contributed by atoms with Crippen molar-refractivity contribution in [1.82, 2.24) is 10.6 Å². The predicted molar refractivity (Wildman–Crippen MR) is 85.1 cm³/mol. The third-order valence-electron chi connectivity index (χ3n) is 3.25. The summed E-state index contributed by atoms with van der Waals surface area (Å²) in [5, 5.41) is 8.31. The highest BCUT2D eigenvalue weighted by atomic mass is 32.1. The maximum Gasteiger partial charge on any atom is 0.286 e. The summed E-state index contributed by atoms with van der Waals surface area (Å²) in [7, 11) is 1.53. The number of carbonyl (C=O) groups is 2. The fraction of sp³-hybridized carbons (Fsp3) is 0.125. The molecule has 1 aromatic carbocycles. The maximum atomic E-state index is 12.2. The third kappa shape index (κ3) is 2.87. The molecule has 112 valence electrons. The second-order valence-electron chi connectivity index (χ2n) is 4.70. The zero-order chi connectivity index (χ0) is 15.5. The van der Waals surface area contributed by atoms with Gasteiger partial charge in [0, 0.05) is 17.3 Å². The van der Waals surface area contributed by atoms with Crippen molar-refractivity contribution in [2.45, 2.75) is 6.54 Å². The van der Waals surface area contributed by atoms with E-state index < -0.39 is 0 Å². The Labute approximate surface area is 130 Å². The van der Waals surface area contributed by atoms with E-state index in [-0.39, 0.29) is 24.1 Å². The predicted octanol–water partition coefficient (Wildman–Crippen LogP) is 2.78. The van der Waals surface area contributed by atoms with Crippen LogP contribution in [0, 0.1) is 0 Å². The van der Waals surface area contributed by atoms with Crippen LogP contribution >= 0.6 is 11.3 Å². The SMILES string of the molecule is CNC(=O)c1ccc(CNC(=O)c2ccc3sccc3c2)o1. The Morgan fingerprint density at radius 3 is 2.82 bits per heavy atom. The first-order valence-electron chi connectivity index (χ1n) is 6.73. The molecule has 2 amide bonds. The van der Waals surface area contributed by atoms with E-state index in [1.54, 1.807) is 29.5 Å². The van der Waals surface area contributed by atoms with E-state index in [4.69, 9.17) is 4.42 Å². The van der Waals surface area contributed by atoms with E-state index >= 15 is 0 Å². The topological polar surface area (TPSA) is 71.3 Å². The fourth-order valence-electron chi connectivity index (χ4n) is 2.10. The molecular weight excluding hydrogens is 300 g/mol. The van der Waals surface area contributed by atoms with Gasteiger partial charge in [0.25, 0.3) is 11.8 Å². The molecule has 0 atom stereocenters. The lowest BCUT2D eigenvalue weighted by atomic mass is 10.1. The number of furan rings is 1. The molecule has 3 aromatic rings. The Balaban J connectivity index is 1.66. The Morgan fingerprint density at radius 1 is 1.14 bits per heavy atom. The van der Waals surface area contributed by atoms with E-state index in [1.807, 2.05) is 23.6 Å². The van der Waals surface area contributed by atoms with Gasteiger partial charge in [-0.1, -0.05) is 0 Å². The van der Waals surface area contributed by atoms with Gasteiger partial charge in [-0.25, -0.2) is 0 Å². The van der Waals surface area contributed by atoms with Crippen molar-refractivity contribution in [3.63, 3.8) is 0 Å². The van der Waals surface area contributed by atoms with Gasteiger partial charge in [0.1, 0.15) is 5.76 Å². The lowest BCUT2D eigenvalue weighted by Crippen LogP contribution is -2.22. The number of benzene rings is 1. The summed E-state index contributed by atoms with van der Waals surface area (Å²) in [5.41, 5.74) is 0.601. The lowest BCUT2D eigenvalue weighted by molar-refractivity contribution is 0.0933. The minimum atomic E-state index is -0.291. The van der Waals surface area contributed by atoms with Gasteiger partial charge < -0.3 is 15.1 Å². The molecule has 0 aliphatic rings. The standard InChI is InChI=1S/C16H14N2O3S/c1-17-16(20)13-4-3-12(21-13)9-18-15(19)11-2-5-14-10(8-11)6-7-22-14/h2-8H,9H2,1H3,(H,17,20)(H,18,19). The molecule has 0 aliphatic heterocycles. The summed E-state index contributed by atoms with van der Waals surface area (Å²) in [6.07, 6.45) is 0. The minimum Gasteiger partial charge on any atom is -0.454 e. The largest absolute Gasteiger partial charge is 0.454 e. The molecule has 2 aromatic heterocycles. The van der Waals surface area contributed by atoms with Crippen LogP contribution < -0.4 is 10.6 Å². The quantitative estimate of drug-likeness (QED) is 0.778. The normalized spacial score (nSPS) is 10.6. The molecule has 0 spiro atoms. The van der Waals surface area contributed by atoms with Gasteiger partial charge in [0.15, 0.2) is 5.76 Å². The third-order valence-corrected chi connectivity index (χ3v) is 4.15. The number of hydrogen-bond acceptors (Lipinski definition) is 4.